The third-order valence-corrected chi connectivity index (χ3v) is 4.25. The summed E-state index contributed by atoms with van der Waals surface area (Å²) < 4.78 is 5.46. The molecule has 1 amide bonds. The first-order chi connectivity index (χ1) is 13.1. The van der Waals surface area contributed by atoms with Gasteiger partial charge in [-0.3, -0.25) is 4.79 Å². The number of para-hydroxylation sites is 1. The summed E-state index contributed by atoms with van der Waals surface area (Å²) in [4.78, 5) is 29.6. The first-order valence-corrected chi connectivity index (χ1v) is 9.23. The van der Waals surface area contributed by atoms with Crippen molar-refractivity contribution < 1.29 is 9.53 Å². The van der Waals surface area contributed by atoms with Gasteiger partial charge >= 0.3 is 0 Å². The van der Waals surface area contributed by atoms with Gasteiger partial charge in [0.25, 0.3) is 5.91 Å². The van der Waals surface area contributed by atoms with Gasteiger partial charge in [-0.25, -0.2) is 0 Å². The molecule has 0 saturated carbocycles. The Morgan fingerprint density at radius 3 is 2.56 bits per heavy atom. The molecule has 1 saturated heterocycles. The summed E-state index contributed by atoms with van der Waals surface area (Å²) in [6.07, 6.45) is 3.53. The topological polar surface area (TPSA) is 83.5 Å². The Balaban J connectivity index is 1.61. The number of piperidine rings is 1. The summed E-state index contributed by atoms with van der Waals surface area (Å²) >= 11 is 0. The Labute approximate surface area is 159 Å². The van der Waals surface area contributed by atoms with E-state index in [-0.39, 0.29) is 19.1 Å². The van der Waals surface area contributed by atoms with Crippen molar-refractivity contribution >= 4 is 17.8 Å². The minimum Gasteiger partial charge on any atom is -0.484 e. The minimum atomic E-state index is -0.217. The molecule has 8 nitrogen and oxygen atoms in total. The zero-order valence-corrected chi connectivity index (χ0v) is 15.9. The molecule has 0 atom stereocenters. The van der Waals surface area contributed by atoms with Crippen molar-refractivity contribution in [2.24, 2.45) is 0 Å². The van der Waals surface area contributed by atoms with Gasteiger partial charge in [0.05, 0.1) is 6.54 Å². The second-order valence-electron chi connectivity index (χ2n) is 6.67. The van der Waals surface area contributed by atoms with Crippen LogP contribution >= 0.6 is 0 Å². The first-order valence-electron chi connectivity index (χ1n) is 9.23. The molecule has 1 aromatic carbocycles. The van der Waals surface area contributed by atoms with Gasteiger partial charge in [-0.15, -0.1) is 0 Å². The van der Waals surface area contributed by atoms with E-state index >= 15 is 0 Å². The van der Waals surface area contributed by atoms with E-state index in [0.29, 0.717) is 23.5 Å². The van der Waals surface area contributed by atoms with E-state index in [1.165, 1.54) is 6.42 Å². The Bertz CT molecular complexity index is 747. The number of ether oxygens (including phenoxy) is 1. The van der Waals surface area contributed by atoms with Crippen LogP contribution in [0.1, 0.15) is 25.1 Å². The van der Waals surface area contributed by atoms with Gasteiger partial charge in [0.15, 0.2) is 12.4 Å². The summed E-state index contributed by atoms with van der Waals surface area (Å²) in [6.45, 7) is 2.09. The maximum absolute atomic E-state index is 12.1. The van der Waals surface area contributed by atoms with Crippen molar-refractivity contribution in [3.63, 3.8) is 0 Å². The predicted molar refractivity (Wildman–Crippen MR) is 104 cm³/mol. The van der Waals surface area contributed by atoms with Gasteiger partial charge in [0.2, 0.25) is 11.9 Å². The molecule has 0 aliphatic carbocycles. The number of hydrogen-bond donors (Lipinski definition) is 1. The van der Waals surface area contributed by atoms with Gasteiger partial charge in [0.1, 0.15) is 5.75 Å². The average Bonchev–Trinajstić information content (AvgIpc) is 2.72. The van der Waals surface area contributed by atoms with E-state index in [0.717, 1.165) is 25.9 Å². The van der Waals surface area contributed by atoms with Gasteiger partial charge in [-0.2, -0.15) is 15.0 Å². The molecule has 3 rings (SSSR count). The summed E-state index contributed by atoms with van der Waals surface area (Å²) in [7, 11) is 3.79. The van der Waals surface area contributed by atoms with Crippen LogP contribution in [0.3, 0.4) is 0 Å². The van der Waals surface area contributed by atoms with E-state index < -0.39 is 0 Å². The Kier molecular flexibility index (Phi) is 6.40. The molecule has 27 heavy (non-hydrogen) atoms. The van der Waals surface area contributed by atoms with Crippen LogP contribution in [0.2, 0.25) is 0 Å². The van der Waals surface area contributed by atoms with Crippen LogP contribution in [-0.2, 0) is 11.3 Å². The van der Waals surface area contributed by atoms with E-state index in [1.807, 2.05) is 49.3 Å². The number of aromatic nitrogens is 3. The van der Waals surface area contributed by atoms with E-state index in [4.69, 9.17) is 4.74 Å². The summed E-state index contributed by atoms with van der Waals surface area (Å²) in [5.74, 6) is 2.26. The Morgan fingerprint density at radius 2 is 1.85 bits per heavy atom. The van der Waals surface area contributed by atoms with Gasteiger partial charge in [-0.05, 0) is 31.4 Å². The quantitative estimate of drug-likeness (QED) is 0.793. The third kappa shape index (κ3) is 5.54. The number of carbonyl (C=O) groups excluding carboxylic acids is 1. The molecule has 2 aromatic rings. The number of rotatable bonds is 7. The minimum absolute atomic E-state index is 0.0470. The van der Waals surface area contributed by atoms with Crippen LogP contribution in [0, 0.1) is 0 Å². The average molecular weight is 370 g/mol. The number of anilines is 2. The molecule has 1 aromatic heterocycles. The van der Waals surface area contributed by atoms with Gasteiger partial charge in [0, 0.05) is 27.2 Å². The highest BCUT2D eigenvalue weighted by Gasteiger charge is 2.17. The standard InChI is InChI=1S/C19H26N6O2/c1-24(2)18-21-16(22-19(23-18)25-11-7-4-8-12-25)13-20-17(26)14-27-15-9-5-3-6-10-15/h3,5-6,9-10H,4,7-8,11-14H2,1-2H3,(H,20,26). The molecule has 0 radical (unpaired) electrons. The molecule has 1 aliphatic rings. The van der Waals surface area contributed by atoms with Gasteiger partial charge < -0.3 is 19.9 Å². The molecule has 2 heterocycles. The number of benzene rings is 1. The largest absolute Gasteiger partial charge is 0.484 e. The highest BCUT2D eigenvalue weighted by molar-refractivity contribution is 5.77. The summed E-state index contributed by atoms with van der Waals surface area (Å²) in [6, 6.07) is 9.25. The van der Waals surface area contributed by atoms with Crippen molar-refractivity contribution in [1.29, 1.82) is 0 Å². The first kappa shape index (κ1) is 18.9. The zero-order chi connectivity index (χ0) is 19.1. The molecule has 0 bridgehead atoms. The van der Waals surface area contributed by atoms with Crippen LogP contribution in [0.25, 0.3) is 0 Å². The molecule has 8 heteroatoms. The third-order valence-electron chi connectivity index (χ3n) is 4.25. The van der Waals surface area contributed by atoms with Crippen LogP contribution in [-0.4, -0.2) is 54.7 Å². The zero-order valence-electron chi connectivity index (χ0n) is 15.9. The fourth-order valence-electron chi connectivity index (χ4n) is 2.80. The highest BCUT2D eigenvalue weighted by Crippen LogP contribution is 2.17. The Morgan fingerprint density at radius 1 is 1.11 bits per heavy atom. The number of nitrogens with one attached hydrogen (secondary N) is 1. The highest BCUT2D eigenvalue weighted by atomic mass is 16.5. The van der Waals surface area contributed by atoms with E-state index in [9.17, 15) is 4.79 Å². The molecule has 1 aliphatic heterocycles. The SMILES string of the molecule is CN(C)c1nc(CNC(=O)COc2ccccc2)nc(N2CCCCC2)n1. The van der Waals surface area contributed by atoms with Crippen LogP contribution in [0.5, 0.6) is 5.75 Å². The molecule has 0 spiro atoms. The van der Waals surface area contributed by atoms with E-state index in [2.05, 4.69) is 25.2 Å². The molecule has 0 unspecified atom stereocenters. The van der Waals surface area contributed by atoms with Gasteiger partial charge in [-0.1, -0.05) is 18.2 Å². The molecular weight excluding hydrogens is 344 g/mol. The fraction of sp³-hybridized carbons (Fsp3) is 0.474. The van der Waals surface area contributed by atoms with E-state index in [1.54, 1.807) is 0 Å². The van der Waals surface area contributed by atoms with Crippen molar-refractivity contribution in [3.05, 3.63) is 36.2 Å². The molecular formula is C19H26N6O2. The summed E-state index contributed by atoms with van der Waals surface area (Å²) in [5, 5.41) is 2.81. The number of nitrogens with zero attached hydrogens (tertiary/aromatic N) is 5. The number of carbonyl (C=O) groups is 1. The van der Waals surface area contributed by atoms with Crippen molar-refractivity contribution in [2.45, 2.75) is 25.8 Å². The summed E-state index contributed by atoms with van der Waals surface area (Å²) in [5.41, 5.74) is 0. The van der Waals surface area contributed by atoms with Crippen molar-refractivity contribution in [2.75, 3.05) is 43.6 Å². The lowest BCUT2D eigenvalue weighted by Crippen LogP contribution is -2.33. The smallest absolute Gasteiger partial charge is 0.258 e. The lowest BCUT2D eigenvalue weighted by atomic mass is 10.1. The number of amides is 1. The normalized spacial score (nSPS) is 13.9. The van der Waals surface area contributed by atoms with Crippen molar-refractivity contribution in [1.82, 2.24) is 20.3 Å². The van der Waals surface area contributed by atoms with Crippen LogP contribution in [0.4, 0.5) is 11.9 Å². The lowest BCUT2D eigenvalue weighted by molar-refractivity contribution is -0.123. The fourth-order valence-corrected chi connectivity index (χ4v) is 2.80. The molecule has 144 valence electrons. The van der Waals surface area contributed by atoms with Crippen LogP contribution in [0.15, 0.2) is 30.3 Å². The maximum Gasteiger partial charge on any atom is 0.258 e. The second-order valence-corrected chi connectivity index (χ2v) is 6.67. The lowest BCUT2D eigenvalue weighted by Gasteiger charge is -2.27. The van der Waals surface area contributed by atoms with Crippen molar-refractivity contribution in [3.8, 4) is 5.75 Å². The Hall–Kier alpha value is -2.90. The van der Waals surface area contributed by atoms with Crippen LogP contribution < -0.4 is 19.9 Å². The molecule has 1 fully saturated rings. The monoisotopic (exact) mass is 370 g/mol. The predicted octanol–water partition coefficient (Wildman–Crippen LogP) is 1.62. The number of hydrogen-bond acceptors (Lipinski definition) is 7. The molecule has 1 N–H and O–H groups in total. The second kappa shape index (κ2) is 9.16. The maximum atomic E-state index is 12.1.